The molecule has 0 atom stereocenters. The minimum Gasteiger partial charge on any atom is -0.342 e. The number of hydrogen-bond acceptors (Lipinski definition) is 6. The smallest absolute Gasteiger partial charge is 0.208 e. The molecule has 2 aromatic carbocycles. The van der Waals surface area contributed by atoms with Gasteiger partial charge in [0.15, 0.2) is 0 Å². The Balaban J connectivity index is 1.37. The number of nitrogens with zero attached hydrogens (tertiary/aromatic N) is 4. The van der Waals surface area contributed by atoms with Gasteiger partial charge in [0.25, 0.3) is 0 Å². The van der Waals surface area contributed by atoms with Crippen LogP contribution in [0.1, 0.15) is 12.8 Å². The maximum absolute atomic E-state index is 4.58. The van der Waals surface area contributed by atoms with Gasteiger partial charge < -0.3 is 9.80 Å². The Kier molecular flexibility index (Phi) is 3.70. The molecule has 136 valence electrons. The van der Waals surface area contributed by atoms with E-state index in [1.54, 1.807) is 11.3 Å². The van der Waals surface area contributed by atoms with Crippen molar-refractivity contribution in [1.82, 2.24) is 15.1 Å². The van der Waals surface area contributed by atoms with Gasteiger partial charge in [-0.05, 0) is 25.0 Å². The summed E-state index contributed by atoms with van der Waals surface area (Å²) in [5, 5.41) is 13.9. The van der Waals surface area contributed by atoms with Crippen LogP contribution in [0.3, 0.4) is 0 Å². The molecule has 3 aliphatic rings. The molecule has 7 rings (SSSR count). The number of hydrogen-bond donors (Lipinski definition) is 0. The monoisotopic (exact) mass is 392 g/mol. The number of rotatable bonds is 2. The van der Waals surface area contributed by atoms with E-state index in [4.69, 9.17) is 0 Å². The maximum Gasteiger partial charge on any atom is 0.208 e. The molecule has 4 nitrogen and oxygen atoms in total. The van der Waals surface area contributed by atoms with Crippen molar-refractivity contribution in [3.8, 4) is 10.6 Å². The van der Waals surface area contributed by atoms with E-state index in [2.05, 4.69) is 62.5 Å². The first kappa shape index (κ1) is 16.0. The Morgan fingerprint density at radius 2 is 1.67 bits per heavy atom. The zero-order valence-electron chi connectivity index (χ0n) is 15.0. The summed E-state index contributed by atoms with van der Waals surface area (Å²) in [6.07, 6.45) is 2.51. The highest BCUT2D eigenvalue weighted by Crippen LogP contribution is 2.38. The van der Waals surface area contributed by atoms with Gasteiger partial charge in [-0.3, -0.25) is 0 Å². The highest BCUT2D eigenvalue weighted by Gasteiger charge is 2.31. The van der Waals surface area contributed by atoms with Crippen LogP contribution in [0.15, 0.2) is 42.5 Å². The van der Waals surface area contributed by atoms with Gasteiger partial charge >= 0.3 is 0 Å². The minimum absolute atomic E-state index is 0.634. The number of fused-ring (bicyclic) bond motifs is 7. The van der Waals surface area contributed by atoms with E-state index in [1.165, 1.54) is 51.7 Å². The van der Waals surface area contributed by atoms with Gasteiger partial charge in [-0.2, -0.15) is 0 Å². The second-order valence-corrected chi connectivity index (χ2v) is 9.50. The molecule has 3 fully saturated rings. The third kappa shape index (κ3) is 2.66. The predicted molar refractivity (Wildman–Crippen MR) is 115 cm³/mol. The Labute approximate surface area is 166 Å². The SMILES string of the molecule is c1ccc2c(c1)sc1cc(-c3nnc(N4CCN5CCC4CC5)s3)ccc12. The second kappa shape index (κ2) is 6.26. The predicted octanol–water partition coefficient (Wildman–Crippen LogP) is 4.86. The van der Waals surface area contributed by atoms with E-state index in [0.29, 0.717) is 6.04 Å². The first-order valence-corrected chi connectivity index (χ1v) is 11.2. The summed E-state index contributed by atoms with van der Waals surface area (Å²) in [6.45, 7) is 4.69. The molecule has 6 heteroatoms. The molecule has 4 aromatic rings. The van der Waals surface area contributed by atoms with Gasteiger partial charge in [-0.1, -0.05) is 41.7 Å². The summed E-state index contributed by atoms with van der Waals surface area (Å²) in [5.74, 6) is 0. The molecule has 0 spiro atoms. The highest BCUT2D eigenvalue weighted by atomic mass is 32.1. The number of aromatic nitrogens is 2. The lowest BCUT2D eigenvalue weighted by molar-refractivity contribution is 0.250. The molecule has 3 aliphatic heterocycles. The fraction of sp³-hybridized carbons (Fsp3) is 0.333. The second-order valence-electron chi connectivity index (χ2n) is 7.47. The third-order valence-electron chi connectivity index (χ3n) is 5.94. The molecule has 0 N–H and O–H groups in total. The molecular weight excluding hydrogens is 372 g/mol. The van der Waals surface area contributed by atoms with Crippen LogP contribution in [0.5, 0.6) is 0 Å². The molecule has 0 saturated carbocycles. The summed E-state index contributed by atoms with van der Waals surface area (Å²) in [6, 6.07) is 16.0. The maximum atomic E-state index is 4.58. The lowest BCUT2D eigenvalue weighted by Gasteiger charge is -2.30. The van der Waals surface area contributed by atoms with E-state index < -0.39 is 0 Å². The van der Waals surface area contributed by atoms with Crippen LogP contribution >= 0.6 is 22.7 Å². The lowest BCUT2D eigenvalue weighted by Crippen LogP contribution is -2.37. The Bertz CT molecular complexity index is 1120. The van der Waals surface area contributed by atoms with Crippen molar-refractivity contribution in [3.63, 3.8) is 0 Å². The first-order chi connectivity index (χ1) is 13.3. The Morgan fingerprint density at radius 3 is 2.59 bits per heavy atom. The van der Waals surface area contributed by atoms with Crippen molar-refractivity contribution in [2.24, 2.45) is 0 Å². The number of benzene rings is 2. The van der Waals surface area contributed by atoms with Crippen LogP contribution in [-0.4, -0.2) is 47.3 Å². The molecule has 5 heterocycles. The molecule has 0 unspecified atom stereocenters. The molecule has 0 amide bonds. The average Bonchev–Trinajstić information content (AvgIpc) is 3.23. The van der Waals surface area contributed by atoms with E-state index in [-0.39, 0.29) is 0 Å². The van der Waals surface area contributed by atoms with Crippen molar-refractivity contribution in [2.75, 3.05) is 31.1 Å². The van der Waals surface area contributed by atoms with E-state index in [9.17, 15) is 0 Å². The minimum atomic E-state index is 0.634. The third-order valence-corrected chi connectivity index (χ3v) is 8.08. The summed E-state index contributed by atoms with van der Waals surface area (Å²) in [7, 11) is 0. The molecule has 2 aromatic heterocycles. The number of anilines is 1. The van der Waals surface area contributed by atoms with Crippen LogP contribution in [0.25, 0.3) is 30.7 Å². The molecule has 0 aliphatic carbocycles. The summed E-state index contributed by atoms with van der Waals surface area (Å²) in [4.78, 5) is 5.08. The zero-order chi connectivity index (χ0) is 17.8. The first-order valence-electron chi connectivity index (χ1n) is 9.59. The van der Waals surface area contributed by atoms with Crippen molar-refractivity contribution in [3.05, 3.63) is 42.5 Å². The van der Waals surface area contributed by atoms with Crippen LogP contribution in [-0.2, 0) is 0 Å². The van der Waals surface area contributed by atoms with Crippen molar-refractivity contribution >= 4 is 48.0 Å². The zero-order valence-corrected chi connectivity index (χ0v) is 16.6. The van der Waals surface area contributed by atoms with E-state index >= 15 is 0 Å². The van der Waals surface area contributed by atoms with Gasteiger partial charge in [0.05, 0.1) is 0 Å². The molecular formula is C21H20N4S2. The molecule has 2 bridgehead atoms. The topological polar surface area (TPSA) is 32.3 Å². The fourth-order valence-corrected chi connectivity index (χ4v) is 6.53. The summed E-state index contributed by atoms with van der Waals surface area (Å²) in [5.41, 5.74) is 1.18. The fourth-order valence-electron chi connectivity index (χ4n) is 4.45. The van der Waals surface area contributed by atoms with Crippen LogP contribution in [0, 0.1) is 0 Å². The van der Waals surface area contributed by atoms with Crippen molar-refractivity contribution < 1.29 is 0 Å². The Hall–Kier alpha value is -2.02. The van der Waals surface area contributed by atoms with Crippen LogP contribution in [0.2, 0.25) is 0 Å². The molecule has 27 heavy (non-hydrogen) atoms. The number of piperidine rings is 1. The van der Waals surface area contributed by atoms with Crippen molar-refractivity contribution in [1.29, 1.82) is 0 Å². The highest BCUT2D eigenvalue weighted by molar-refractivity contribution is 7.25. The number of thiophene rings is 1. The summed E-state index contributed by atoms with van der Waals surface area (Å²) >= 11 is 3.60. The lowest BCUT2D eigenvalue weighted by atomic mass is 10.1. The molecule has 0 radical (unpaired) electrons. The van der Waals surface area contributed by atoms with E-state index in [0.717, 1.165) is 23.2 Å². The van der Waals surface area contributed by atoms with Gasteiger partial charge in [-0.25, -0.2) is 0 Å². The van der Waals surface area contributed by atoms with Gasteiger partial charge in [0.1, 0.15) is 5.01 Å². The summed E-state index contributed by atoms with van der Waals surface area (Å²) < 4.78 is 2.67. The van der Waals surface area contributed by atoms with Gasteiger partial charge in [0.2, 0.25) is 5.13 Å². The van der Waals surface area contributed by atoms with Gasteiger partial charge in [-0.15, -0.1) is 21.5 Å². The van der Waals surface area contributed by atoms with Gasteiger partial charge in [0, 0.05) is 58.0 Å². The normalized spacial score (nSPS) is 22.6. The van der Waals surface area contributed by atoms with Crippen LogP contribution < -0.4 is 4.90 Å². The van der Waals surface area contributed by atoms with Crippen LogP contribution in [0.4, 0.5) is 5.13 Å². The van der Waals surface area contributed by atoms with Crippen molar-refractivity contribution in [2.45, 2.75) is 18.9 Å². The van der Waals surface area contributed by atoms with E-state index in [1.807, 2.05) is 11.3 Å². The quantitative estimate of drug-likeness (QED) is 0.488. The standard InChI is InChI=1S/C21H20N4S2/c1-2-4-18-16(3-1)17-6-5-14(13-19(17)26-18)20-22-23-21(27-20)25-12-11-24-9-7-15(25)8-10-24/h1-6,13,15H,7-12H2. The largest absolute Gasteiger partial charge is 0.342 e. The molecule has 3 saturated heterocycles. The average molecular weight is 393 g/mol. The Morgan fingerprint density at radius 1 is 0.815 bits per heavy atom.